The number of nitrogens with two attached hydrogens (primary N) is 1. The van der Waals surface area contributed by atoms with Crippen LogP contribution in [0.2, 0.25) is 0 Å². The molecular formula is C15H28N2S. The van der Waals surface area contributed by atoms with Crippen molar-refractivity contribution >= 4 is 11.3 Å². The van der Waals surface area contributed by atoms with Crippen LogP contribution in [0.3, 0.4) is 0 Å². The van der Waals surface area contributed by atoms with Crippen LogP contribution in [-0.2, 0) is 0 Å². The van der Waals surface area contributed by atoms with Crippen LogP contribution < -0.4 is 5.73 Å². The molecule has 2 N–H and O–H groups in total. The van der Waals surface area contributed by atoms with Crippen molar-refractivity contribution in [1.29, 1.82) is 0 Å². The predicted molar refractivity (Wildman–Crippen MR) is 82.1 cm³/mol. The maximum atomic E-state index is 6.34. The molecule has 3 unspecified atom stereocenters. The summed E-state index contributed by atoms with van der Waals surface area (Å²) in [5, 5.41) is 0. The minimum atomic E-state index is 0.220. The van der Waals surface area contributed by atoms with Crippen molar-refractivity contribution in [3.8, 4) is 0 Å². The van der Waals surface area contributed by atoms with E-state index in [1.807, 2.05) is 11.3 Å². The molecule has 1 aromatic heterocycles. The van der Waals surface area contributed by atoms with Crippen LogP contribution in [-0.4, -0.2) is 24.5 Å². The van der Waals surface area contributed by atoms with Gasteiger partial charge in [0.1, 0.15) is 0 Å². The van der Waals surface area contributed by atoms with Crippen molar-refractivity contribution in [3.05, 3.63) is 21.9 Å². The van der Waals surface area contributed by atoms with Gasteiger partial charge in [-0.3, -0.25) is 4.90 Å². The molecule has 0 aliphatic carbocycles. The zero-order chi connectivity index (χ0) is 13.7. The second-order valence-electron chi connectivity index (χ2n) is 5.42. The van der Waals surface area contributed by atoms with Gasteiger partial charge < -0.3 is 5.73 Å². The van der Waals surface area contributed by atoms with Gasteiger partial charge in [0.05, 0.1) is 6.04 Å². The summed E-state index contributed by atoms with van der Waals surface area (Å²) < 4.78 is 0. The zero-order valence-electron chi connectivity index (χ0n) is 12.4. The van der Waals surface area contributed by atoms with Gasteiger partial charge in [0, 0.05) is 22.3 Å². The van der Waals surface area contributed by atoms with Gasteiger partial charge >= 0.3 is 0 Å². The maximum Gasteiger partial charge on any atom is 0.0591 e. The third kappa shape index (κ3) is 4.08. The van der Waals surface area contributed by atoms with Crippen LogP contribution in [0.1, 0.15) is 49.4 Å². The molecule has 104 valence electrons. The first-order valence-corrected chi connectivity index (χ1v) is 7.83. The predicted octanol–water partition coefficient (Wildman–Crippen LogP) is 3.81. The van der Waals surface area contributed by atoms with Crippen LogP contribution in [0, 0.1) is 12.8 Å². The molecule has 0 radical (unpaired) electrons. The lowest BCUT2D eigenvalue weighted by molar-refractivity contribution is 0.185. The highest BCUT2D eigenvalue weighted by atomic mass is 32.1. The van der Waals surface area contributed by atoms with Crippen LogP contribution in [0.15, 0.2) is 12.1 Å². The molecule has 0 aliphatic rings. The first-order valence-electron chi connectivity index (χ1n) is 7.01. The van der Waals surface area contributed by atoms with E-state index >= 15 is 0 Å². The highest BCUT2D eigenvalue weighted by Crippen LogP contribution is 2.30. The van der Waals surface area contributed by atoms with Crippen LogP contribution >= 0.6 is 11.3 Å². The first kappa shape index (κ1) is 15.7. The number of aryl methyl sites for hydroxylation is 1. The summed E-state index contributed by atoms with van der Waals surface area (Å²) in [6, 6.07) is 5.03. The molecule has 0 aromatic carbocycles. The third-order valence-corrected chi connectivity index (χ3v) is 4.77. The maximum absolute atomic E-state index is 6.34. The van der Waals surface area contributed by atoms with Crippen molar-refractivity contribution < 1.29 is 0 Å². The Balaban J connectivity index is 2.84. The molecule has 2 nitrogen and oxygen atoms in total. The zero-order valence-corrected chi connectivity index (χ0v) is 13.3. The van der Waals surface area contributed by atoms with E-state index in [2.05, 4.69) is 51.8 Å². The Morgan fingerprint density at radius 1 is 1.28 bits per heavy atom. The van der Waals surface area contributed by atoms with Gasteiger partial charge in [-0.2, -0.15) is 0 Å². The van der Waals surface area contributed by atoms with Crippen molar-refractivity contribution in [2.45, 2.75) is 52.6 Å². The largest absolute Gasteiger partial charge is 0.326 e. The summed E-state index contributed by atoms with van der Waals surface area (Å²) in [7, 11) is 2.21. The Morgan fingerprint density at radius 3 is 2.39 bits per heavy atom. The first-order chi connectivity index (χ1) is 8.49. The van der Waals surface area contributed by atoms with E-state index in [-0.39, 0.29) is 6.04 Å². The summed E-state index contributed by atoms with van der Waals surface area (Å²) in [4.78, 5) is 5.22. The second kappa shape index (κ2) is 7.27. The lowest BCUT2D eigenvalue weighted by atomic mass is 10.0. The number of thiophene rings is 1. The lowest BCUT2D eigenvalue weighted by Gasteiger charge is -2.33. The van der Waals surface area contributed by atoms with Gasteiger partial charge in [-0.05, 0) is 38.4 Å². The van der Waals surface area contributed by atoms with Gasteiger partial charge in [-0.25, -0.2) is 0 Å². The Kier molecular flexibility index (Phi) is 6.33. The van der Waals surface area contributed by atoms with Gasteiger partial charge in [-0.15, -0.1) is 11.3 Å². The number of hydrogen-bond donors (Lipinski definition) is 1. The molecule has 1 heterocycles. The van der Waals surface area contributed by atoms with E-state index in [9.17, 15) is 0 Å². The summed E-state index contributed by atoms with van der Waals surface area (Å²) in [5.41, 5.74) is 6.34. The molecule has 3 heteroatoms. The quantitative estimate of drug-likeness (QED) is 0.814. The van der Waals surface area contributed by atoms with Gasteiger partial charge in [0.25, 0.3) is 0 Å². The molecule has 0 saturated carbocycles. The summed E-state index contributed by atoms with van der Waals surface area (Å²) in [6.07, 6.45) is 2.24. The number of likely N-dealkylation sites (N-methyl/N-ethyl adjacent to an activating group) is 1. The second-order valence-corrected chi connectivity index (χ2v) is 6.74. The average Bonchev–Trinajstić information content (AvgIpc) is 2.75. The van der Waals surface area contributed by atoms with E-state index in [0.29, 0.717) is 6.04 Å². The third-order valence-electron chi connectivity index (χ3n) is 3.70. The van der Waals surface area contributed by atoms with Crippen molar-refractivity contribution in [1.82, 2.24) is 4.90 Å². The van der Waals surface area contributed by atoms with E-state index < -0.39 is 0 Å². The molecule has 3 atom stereocenters. The van der Waals surface area contributed by atoms with Crippen LogP contribution in [0.5, 0.6) is 0 Å². The summed E-state index contributed by atoms with van der Waals surface area (Å²) >= 11 is 1.88. The Labute approximate surface area is 116 Å². The molecule has 0 spiro atoms. The summed E-state index contributed by atoms with van der Waals surface area (Å²) in [6.45, 7) is 10.0. The minimum absolute atomic E-state index is 0.220. The molecule has 18 heavy (non-hydrogen) atoms. The summed E-state index contributed by atoms with van der Waals surface area (Å²) in [5.74, 6) is 0.725. The van der Waals surface area contributed by atoms with Crippen molar-refractivity contribution in [2.24, 2.45) is 11.7 Å². The van der Waals surface area contributed by atoms with Gasteiger partial charge in [0.15, 0.2) is 0 Å². The molecule has 0 fully saturated rings. The SMILES string of the molecule is CCC(C)CN(C)C(c1ccc(C)s1)C(N)CC. The highest BCUT2D eigenvalue weighted by molar-refractivity contribution is 7.12. The fourth-order valence-corrected chi connectivity index (χ4v) is 3.44. The molecular weight excluding hydrogens is 240 g/mol. The molecule has 1 aromatic rings. The van der Waals surface area contributed by atoms with E-state index in [4.69, 9.17) is 5.73 Å². The normalized spacial score (nSPS) is 16.8. The van der Waals surface area contributed by atoms with E-state index in [0.717, 1.165) is 18.9 Å². The molecule has 0 bridgehead atoms. The lowest BCUT2D eigenvalue weighted by Crippen LogP contribution is -2.40. The fraction of sp³-hybridized carbons (Fsp3) is 0.733. The van der Waals surface area contributed by atoms with Crippen LogP contribution in [0.25, 0.3) is 0 Å². The topological polar surface area (TPSA) is 29.3 Å². The van der Waals surface area contributed by atoms with Crippen molar-refractivity contribution in [2.75, 3.05) is 13.6 Å². The molecule has 0 saturated heterocycles. The van der Waals surface area contributed by atoms with Crippen LogP contribution in [0.4, 0.5) is 0 Å². The Bertz CT molecular complexity index is 348. The van der Waals surface area contributed by atoms with Crippen molar-refractivity contribution in [3.63, 3.8) is 0 Å². The van der Waals surface area contributed by atoms with E-state index in [1.165, 1.54) is 16.2 Å². The Morgan fingerprint density at radius 2 is 1.94 bits per heavy atom. The highest BCUT2D eigenvalue weighted by Gasteiger charge is 2.25. The van der Waals surface area contributed by atoms with E-state index in [1.54, 1.807) is 0 Å². The minimum Gasteiger partial charge on any atom is -0.326 e. The molecule has 0 aliphatic heterocycles. The Hall–Kier alpha value is -0.380. The monoisotopic (exact) mass is 268 g/mol. The standard InChI is InChI=1S/C15H28N2S/c1-6-11(3)10-17(5)15(13(16)7-2)14-9-8-12(4)18-14/h8-9,11,13,15H,6-7,10,16H2,1-5H3. The number of nitrogens with zero attached hydrogens (tertiary/aromatic N) is 1. The number of rotatable bonds is 7. The fourth-order valence-electron chi connectivity index (χ4n) is 2.32. The smallest absolute Gasteiger partial charge is 0.0591 e. The van der Waals surface area contributed by atoms with Gasteiger partial charge in [0.2, 0.25) is 0 Å². The van der Waals surface area contributed by atoms with Gasteiger partial charge in [-0.1, -0.05) is 27.2 Å². The number of hydrogen-bond acceptors (Lipinski definition) is 3. The average molecular weight is 268 g/mol. The molecule has 0 amide bonds. The molecule has 1 rings (SSSR count).